The van der Waals surface area contributed by atoms with Crippen LogP contribution in [0.15, 0.2) is 42.5 Å². The summed E-state index contributed by atoms with van der Waals surface area (Å²) in [7, 11) is 1.28. The van der Waals surface area contributed by atoms with Crippen LogP contribution in [0.2, 0.25) is 0 Å². The molecular formula is C15H14N2O4. The highest BCUT2D eigenvalue weighted by molar-refractivity contribution is 6.07. The Morgan fingerprint density at radius 1 is 1.19 bits per heavy atom. The molecule has 21 heavy (non-hydrogen) atoms. The van der Waals surface area contributed by atoms with Crippen molar-refractivity contribution in [2.45, 2.75) is 0 Å². The zero-order valence-electron chi connectivity index (χ0n) is 11.3. The molecule has 6 nitrogen and oxygen atoms in total. The smallest absolute Gasteiger partial charge is 0.337 e. The molecule has 0 spiro atoms. The lowest BCUT2D eigenvalue weighted by atomic mass is 10.1. The lowest BCUT2D eigenvalue weighted by Crippen LogP contribution is -2.13. The van der Waals surface area contributed by atoms with Gasteiger partial charge in [-0.2, -0.15) is 0 Å². The molecule has 6 heteroatoms. The molecule has 0 bridgehead atoms. The number of anilines is 2. The van der Waals surface area contributed by atoms with Gasteiger partial charge in [0.05, 0.1) is 23.9 Å². The van der Waals surface area contributed by atoms with E-state index in [1.807, 2.05) is 0 Å². The molecule has 2 aromatic carbocycles. The molecule has 2 rings (SSSR count). The zero-order chi connectivity index (χ0) is 15.4. The number of nitrogens with one attached hydrogen (secondary N) is 1. The molecule has 0 unspecified atom stereocenters. The Morgan fingerprint density at radius 3 is 2.62 bits per heavy atom. The standard InChI is InChI=1S/C15H14N2O4/c1-21-15(20)9-4-2-5-10(8-9)17-14(19)11-6-3-7-12(16)13(11)18/h2-8,18H,16H2,1H3,(H,17,19). The Hall–Kier alpha value is -3.02. The van der Waals surface area contributed by atoms with E-state index >= 15 is 0 Å². The number of rotatable bonds is 3. The van der Waals surface area contributed by atoms with Crippen LogP contribution in [0.5, 0.6) is 5.75 Å². The van der Waals surface area contributed by atoms with Crippen LogP contribution in [0.3, 0.4) is 0 Å². The highest BCUT2D eigenvalue weighted by atomic mass is 16.5. The second kappa shape index (κ2) is 5.96. The number of nitrogen functional groups attached to an aromatic ring is 1. The van der Waals surface area contributed by atoms with Gasteiger partial charge >= 0.3 is 5.97 Å². The summed E-state index contributed by atoms with van der Waals surface area (Å²) in [6.07, 6.45) is 0. The van der Waals surface area contributed by atoms with Gasteiger partial charge in [0, 0.05) is 5.69 Å². The summed E-state index contributed by atoms with van der Waals surface area (Å²) in [5, 5.41) is 12.4. The van der Waals surface area contributed by atoms with Crippen LogP contribution in [0, 0.1) is 0 Å². The number of aromatic hydroxyl groups is 1. The summed E-state index contributed by atoms with van der Waals surface area (Å²) in [4.78, 5) is 23.5. The van der Waals surface area contributed by atoms with Crippen molar-refractivity contribution in [3.8, 4) is 5.75 Å². The van der Waals surface area contributed by atoms with Gasteiger partial charge in [0.15, 0.2) is 5.75 Å². The predicted molar refractivity (Wildman–Crippen MR) is 78.3 cm³/mol. The SMILES string of the molecule is COC(=O)c1cccc(NC(=O)c2cccc(N)c2O)c1. The third kappa shape index (κ3) is 3.11. The predicted octanol–water partition coefficient (Wildman–Crippen LogP) is 2.01. The van der Waals surface area contributed by atoms with Crippen LogP contribution < -0.4 is 11.1 Å². The first-order valence-corrected chi connectivity index (χ1v) is 6.10. The van der Waals surface area contributed by atoms with Crippen molar-refractivity contribution in [1.29, 1.82) is 0 Å². The summed E-state index contributed by atoms with van der Waals surface area (Å²) < 4.78 is 4.61. The molecule has 0 aliphatic carbocycles. The van der Waals surface area contributed by atoms with E-state index in [2.05, 4.69) is 10.1 Å². The number of methoxy groups -OCH3 is 1. The van der Waals surface area contributed by atoms with Gasteiger partial charge in [0.2, 0.25) is 0 Å². The Bertz CT molecular complexity index is 698. The van der Waals surface area contributed by atoms with Crippen LogP contribution in [0.25, 0.3) is 0 Å². The quantitative estimate of drug-likeness (QED) is 0.455. The van der Waals surface area contributed by atoms with Gasteiger partial charge in [-0.25, -0.2) is 4.79 Å². The molecule has 0 fully saturated rings. The van der Waals surface area contributed by atoms with Crippen LogP contribution in [-0.4, -0.2) is 24.1 Å². The van der Waals surface area contributed by atoms with Crippen molar-refractivity contribution in [2.24, 2.45) is 0 Å². The Morgan fingerprint density at radius 2 is 1.90 bits per heavy atom. The first kappa shape index (κ1) is 14.4. The summed E-state index contributed by atoms with van der Waals surface area (Å²) in [6, 6.07) is 10.8. The van der Waals surface area contributed by atoms with Gasteiger partial charge in [0.1, 0.15) is 0 Å². The normalized spacial score (nSPS) is 9.95. The number of hydrogen-bond donors (Lipinski definition) is 3. The number of hydrogen-bond acceptors (Lipinski definition) is 5. The number of phenols is 1. The summed E-state index contributed by atoms with van der Waals surface area (Å²) in [6.45, 7) is 0. The van der Waals surface area contributed by atoms with E-state index in [0.29, 0.717) is 11.3 Å². The zero-order valence-corrected chi connectivity index (χ0v) is 11.3. The minimum Gasteiger partial charge on any atom is -0.505 e. The van der Waals surface area contributed by atoms with Crippen LogP contribution in [-0.2, 0) is 4.74 Å². The fraction of sp³-hybridized carbons (Fsp3) is 0.0667. The third-order valence-electron chi connectivity index (χ3n) is 2.85. The van der Waals surface area contributed by atoms with E-state index in [-0.39, 0.29) is 17.0 Å². The molecule has 4 N–H and O–H groups in total. The summed E-state index contributed by atoms with van der Waals surface area (Å²) in [5.41, 5.74) is 6.43. The molecule has 0 saturated heterocycles. The minimum atomic E-state index is -0.526. The van der Waals surface area contributed by atoms with Gasteiger partial charge in [-0.1, -0.05) is 12.1 Å². The largest absolute Gasteiger partial charge is 0.505 e. The number of nitrogens with two attached hydrogens (primary N) is 1. The first-order chi connectivity index (χ1) is 10.0. The van der Waals surface area contributed by atoms with Crippen molar-refractivity contribution in [3.05, 3.63) is 53.6 Å². The molecule has 0 aliphatic rings. The van der Waals surface area contributed by atoms with Crippen molar-refractivity contribution in [1.82, 2.24) is 0 Å². The molecule has 0 atom stereocenters. The number of amides is 1. The third-order valence-corrected chi connectivity index (χ3v) is 2.85. The second-order valence-corrected chi connectivity index (χ2v) is 4.27. The molecule has 2 aromatic rings. The number of ether oxygens (including phenoxy) is 1. The Labute approximate surface area is 121 Å². The van der Waals surface area contributed by atoms with Crippen LogP contribution >= 0.6 is 0 Å². The molecule has 0 heterocycles. The molecule has 0 aliphatic heterocycles. The van der Waals surface area contributed by atoms with E-state index in [1.54, 1.807) is 24.3 Å². The maximum Gasteiger partial charge on any atom is 0.337 e. The van der Waals surface area contributed by atoms with Gasteiger partial charge in [-0.15, -0.1) is 0 Å². The molecule has 1 amide bonds. The number of para-hydroxylation sites is 1. The van der Waals surface area contributed by atoms with Crippen molar-refractivity contribution >= 4 is 23.3 Å². The lowest BCUT2D eigenvalue weighted by Gasteiger charge is -2.09. The topological polar surface area (TPSA) is 102 Å². The summed E-state index contributed by atoms with van der Waals surface area (Å²) >= 11 is 0. The highest BCUT2D eigenvalue weighted by Crippen LogP contribution is 2.25. The van der Waals surface area contributed by atoms with Gasteiger partial charge in [0.25, 0.3) is 5.91 Å². The van der Waals surface area contributed by atoms with Crippen molar-refractivity contribution < 1.29 is 19.4 Å². The average Bonchev–Trinajstić information content (AvgIpc) is 2.49. The van der Waals surface area contributed by atoms with E-state index in [1.165, 1.54) is 25.3 Å². The van der Waals surface area contributed by atoms with Crippen molar-refractivity contribution in [2.75, 3.05) is 18.2 Å². The monoisotopic (exact) mass is 286 g/mol. The molecule has 0 radical (unpaired) electrons. The van der Waals surface area contributed by atoms with Crippen LogP contribution in [0.1, 0.15) is 20.7 Å². The van der Waals surface area contributed by atoms with Gasteiger partial charge < -0.3 is 20.9 Å². The van der Waals surface area contributed by atoms with Crippen molar-refractivity contribution in [3.63, 3.8) is 0 Å². The number of phenolic OH excluding ortho intramolecular Hbond substituents is 1. The average molecular weight is 286 g/mol. The van der Waals surface area contributed by atoms with E-state index in [9.17, 15) is 14.7 Å². The number of carbonyl (C=O) groups is 2. The van der Waals surface area contributed by atoms with E-state index in [4.69, 9.17) is 5.73 Å². The molecule has 108 valence electrons. The molecule has 0 aromatic heterocycles. The Balaban J connectivity index is 2.24. The number of esters is 1. The van der Waals surface area contributed by atoms with Gasteiger partial charge in [-0.05, 0) is 30.3 Å². The minimum absolute atomic E-state index is 0.0541. The van der Waals surface area contributed by atoms with Gasteiger partial charge in [-0.3, -0.25) is 4.79 Å². The Kier molecular flexibility index (Phi) is 4.08. The summed E-state index contributed by atoms with van der Waals surface area (Å²) in [5.74, 6) is -1.31. The molecular weight excluding hydrogens is 272 g/mol. The number of carbonyl (C=O) groups excluding carboxylic acids is 2. The van der Waals surface area contributed by atoms with E-state index < -0.39 is 11.9 Å². The second-order valence-electron chi connectivity index (χ2n) is 4.27. The fourth-order valence-electron chi connectivity index (χ4n) is 1.78. The lowest BCUT2D eigenvalue weighted by molar-refractivity contribution is 0.0600. The maximum atomic E-state index is 12.1. The fourth-order valence-corrected chi connectivity index (χ4v) is 1.78. The number of benzene rings is 2. The van der Waals surface area contributed by atoms with Crippen LogP contribution in [0.4, 0.5) is 11.4 Å². The molecule has 0 saturated carbocycles. The first-order valence-electron chi connectivity index (χ1n) is 6.10. The highest BCUT2D eigenvalue weighted by Gasteiger charge is 2.14. The maximum absolute atomic E-state index is 12.1. The van der Waals surface area contributed by atoms with E-state index in [0.717, 1.165) is 0 Å².